The van der Waals surface area contributed by atoms with E-state index in [1.165, 1.54) is 16.9 Å². The molecule has 2 heterocycles. The van der Waals surface area contributed by atoms with Crippen LogP contribution in [0.5, 0.6) is 0 Å². The van der Waals surface area contributed by atoms with Crippen LogP contribution in [0, 0.1) is 31.6 Å². The Hall–Kier alpha value is -3.66. The van der Waals surface area contributed by atoms with E-state index in [9.17, 15) is 9.90 Å². The van der Waals surface area contributed by atoms with Gasteiger partial charge in [0.15, 0.2) is 0 Å². The number of carbonyl (C=O) groups is 1. The van der Waals surface area contributed by atoms with Crippen molar-refractivity contribution < 1.29 is 14.6 Å². The molecule has 0 saturated heterocycles. The highest BCUT2D eigenvalue weighted by Gasteiger charge is 2.24. The van der Waals surface area contributed by atoms with Crippen molar-refractivity contribution in [2.75, 3.05) is 18.1 Å². The van der Waals surface area contributed by atoms with Crippen molar-refractivity contribution >= 4 is 40.3 Å². The highest BCUT2D eigenvalue weighted by molar-refractivity contribution is 8.05. The van der Waals surface area contributed by atoms with Crippen molar-refractivity contribution in [1.82, 2.24) is 0 Å². The van der Waals surface area contributed by atoms with Crippen LogP contribution in [0.3, 0.4) is 0 Å². The van der Waals surface area contributed by atoms with Crippen molar-refractivity contribution in [3.8, 4) is 22.3 Å². The standard InChI is InChI=1S/C35H37NO3S2/c1-7-39-21-30(31-15-8-24(4)18-26(31)6)20-36(23(2)3)32-19-33(41-34(32)35(37)38)28-12-9-27(10-13-28)11-14-29-22-40-17-16-25(29)5/h8-10,12-13,15-19,21-23,25H,7,20H2,1-6H3,(H,37,38). The van der Waals surface area contributed by atoms with Gasteiger partial charge in [-0.2, -0.15) is 0 Å². The van der Waals surface area contributed by atoms with Crippen LogP contribution < -0.4 is 4.90 Å². The first-order valence-corrected chi connectivity index (χ1v) is 15.6. The number of thiophene rings is 1. The lowest BCUT2D eigenvalue weighted by Gasteiger charge is -2.30. The van der Waals surface area contributed by atoms with Gasteiger partial charge in [-0.05, 0) is 80.3 Å². The van der Waals surface area contributed by atoms with E-state index in [0.717, 1.165) is 38.3 Å². The molecule has 6 heteroatoms. The Morgan fingerprint density at radius 2 is 1.88 bits per heavy atom. The van der Waals surface area contributed by atoms with Crippen LogP contribution in [0.15, 0.2) is 77.3 Å². The van der Waals surface area contributed by atoms with E-state index < -0.39 is 5.97 Å². The Labute approximate surface area is 252 Å². The molecule has 1 aromatic heterocycles. The summed E-state index contributed by atoms with van der Waals surface area (Å²) in [6.45, 7) is 13.6. The topological polar surface area (TPSA) is 49.8 Å². The third-order valence-corrected chi connectivity index (χ3v) is 8.82. The predicted octanol–water partition coefficient (Wildman–Crippen LogP) is 9.15. The first kappa shape index (κ1) is 30.3. The zero-order valence-electron chi connectivity index (χ0n) is 24.5. The minimum absolute atomic E-state index is 0.0634. The average Bonchev–Trinajstić information content (AvgIpc) is 3.39. The van der Waals surface area contributed by atoms with Gasteiger partial charge in [-0.1, -0.05) is 60.7 Å². The molecule has 2 aromatic carbocycles. The number of carboxylic acid groups (broad SMARTS) is 1. The number of ether oxygens (including phenoxy) is 1. The van der Waals surface area contributed by atoms with E-state index in [4.69, 9.17) is 4.74 Å². The molecule has 0 bridgehead atoms. The fraction of sp³-hybridized carbons (Fsp3) is 0.286. The number of allylic oxidation sites excluding steroid dienone is 2. The molecule has 1 unspecified atom stereocenters. The second-order valence-electron chi connectivity index (χ2n) is 10.4. The molecule has 0 amide bonds. The number of benzene rings is 2. The van der Waals surface area contributed by atoms with E-state index in [1.54, 1.807) is 11.8 Å². The van der Waals surface area contributed by atoms with Gasteiger partial charge in [0.25, 0.3) is 0 Å². The molecule has 212 valence electrons. The lowest BCUT2D eigenvalue weighted by molar-refractivity contribution is 0.0702. The molecule has 0 spiro atoms. The molecule has 41 heavy (non-hydrogen) atoms. The first-order chi connectivity index (χ1) is 19.7. The Balaban J connectivity index is 1.66. The lowest BCUT2D eigenvalue weighted by atomic mass is 9.98. The molecule has 1 atom stereocenters. The largest absolute Gasteiger partial charge is 0.501 e. The molecule has 3 aromatic rings. The minimum Gasteiger partial charge on any atom is -0.501 e. The third-order valence-electron chi connectivity index (χ3n) is 6.95. The summed E-state index contributed by atoms with van der Waals surface area (Å²) in [7, 11) is 0. The van der Waals surface area contributed by atoms with Crippen LogP contribution >= 0.6 is 23.1 Å². The zero-order valence-corrected chi connectivity index (χ0v) is 26.2. The fourth-order valence-corrected chi connectivity index (χ4v) is 6.49. The number of rotatable bonds is 9. The van der Waals surface area contributed by atoms with Gasteiger partial charge in [-0.3, -0.25) is 0 Å². The summed E-state index contributed by atoms with van der Waals surface area (Å²) < 4.78 is 5.76. The fourth-order valence-electron chi connectivity index (χ4n) is 4.66. The van der Waals surface area contributed by atoms with Gasteiger partial charge in [0.2, 0.25) is 0 Å². The van der Waals surface area contributed by atoms with Crippen molar-refractivity contribution in [2.24, 2.45) is 5.92 Å². The summed E-state index contributed by atoms with van der Waals surface area (Å²) in [5.41, 5.74) is 8.22. The average molecular weight is 584 g/mol. The molecule has 1 N–H and O–H groups in total. The predicted molar refractivity (Wildman–Crippen MR) is 176 cm³/mol. The molecule has 0 fully saturated rings. The van der Waals surface area contributed by atoms with Crippen molar-refractivity contribution in [2.45, 2.75) is 47.6 Å². The number of aromatic carboxylic acids is 1. The highest BCUT2D eigenvalue weighted by Crippen LogP contribution is 2.39. The lowest BCUT2D eigenvalue weighted by Crippen LogP contribution is -2.33. The Morgan fingerprint density at radius 1 is 1.12 bits per heavy atom. The summed E-state index contributed by atoms with van der Waals surface area (Å²) in [5, 5.41) is 14.4. The van der Waals surface area contributed by atoms with Gasteiger partial charge in [0, 0.05) is 40.1 Å². The molecule has 0 radical (unpaired) electrons. The summed E-state index contributed by atoms with van der Waals surface area (Å²) >= 11 is 2.96. The number of aryl methyl sites for hydroxylation is 2. The van der Waals surface area contributed by atoms with Crippen LogP contribution in [0.1, 0.15) is 59.6 Å². The summed E-state index contributed by atoms with van der Waals surface area (Å²) in [6, 6.07) is 16.5. The number of anilines is 1. The second kappa shape index (κ2) is 13.8. The SMILES string of the molecule is CCOC=C(CN(c1cc(-c2ccc(C#CC3=CSC=CC3C)cc2)sc1C(=O)O)C(C)C)c1ccc(C)cc1C. The molecule has 1 aliphatic heterocycles. The molecular weight excluding hydrogens is 547 g/mol. The molecule has 4 nitrogen and oxygen atoms in total. The van der Waals surface area contributed by atoms with Crippen LogP contribution in [0.4, 0.5) is 5.69 Å². The van der Waals surface area contributed by atoms with Crippen LogP contribution in [-0.2, 0) is 4.74 Å². The molecule has 4 rings (SSSR count). The normalized spacial score (nSPS) is 14.9. The minimum atomic E-state index is -0.923. The van der Waals surface area contributed by atoms with Crippen LogP contribution in [0.2, 0.25) is 0 Å². The molecule has 0 saturated carbocycles. The maximum atomic E-state index is 12.4. The van der Waals surface area contributed by atoms with Gasteiger partial charge in [0.05, 0.1) is 18.6 Å². The number of thioether (sulfide) groups is 1. The van der Waals surface area contributed by atoms with Crippen molar-refractivity contribution in [3.05, 3.63) is 104 Å². The number of hydrogen-bond donors (Lipinski definition) is 1. The maximum Gasteiger partial charge on any atom is 0.348 e. The van der Waals surface area contributed by atoms with E-state index in [1.807, 2.05) is 43.5 Å². The Kier molecular flexibility index (Phi) is 10.2. The van der Waals surface area contributed by atoms with Gasteiger partial charge in [-0.25, -0.2) is 4.79 Å². The van der Waals surface area contributed by atoms with Gasteiger partial charge in [0.1, 0.15) is 4.88 Å². The highest BCUT2D eigenvalue weighted by atomic mass is 32.2. The van der Waals surface area contributed by atoms with E-state index >= 15 is 0 Å². The van der Waals surface area contributed by atoms with Crippen LogP contribution in [-0.4, -0.2) is 30.3 Å². The number of carboxylic acids is 1. The van der Waals surface area contributed by atoms with Gasteiger partial charge < -0.3 is 14.7 Å². The van der Waals surface area contributed by atoms with E-state index in [0.29, 0.717) is 29.6 Å². The monoisotopic (exact) mass is 583 g/mol. The van der Waals surface area contributed by atoms with E-state index in [2.05, 4.69) is 86.5 Å². The second-order valence-corrected chi connectivity index (χ2v) is 12.3. The van der Waals surface area contributed by atoms with Crippen molar-refractivity contribution in [1.29, 1.82) is 0 Å². The van der Waals surface area contributed by atoms with Gasteiger partial charge in [-0.15, -0.1) is 23.1 Å². The van der Waals surface area contributed by atoms with Crippen molar-refractivity contribution in [3.63, 3.8) is 0 Å². The van der Waals surface area contributed by atoms with Crippen LogP contribution in [0.25, 0.3) is 16.0 Å². The summed E-state index contributed by atoms with van der Waals surface area (Å²) in [5.74, 6) is 5.97. The Bertz CT molecular complexity index is 1550. The van der Waals surface area contributed by atoms with Gasteiger partial charge >= 0.3 is 5.97 Å². The maximum absolute atomic E-state index is 12.4. The third kappa shape index (κ3) is 7.55. The smallest absolute Gasteiger partial charge is 0.348 e. The number of hydrogen-bond acceptors (Lipinski definition) is 5. The first-order valence-electron chi connectivity index (χ1n) is 13.8. The quantitative estimate of drug-likeness (QED) is 0.201. The molecular formula is C35H37NO3S2. The molecule has 0 aliphatic carbocycles. The van der Waals surface area contributed by atoms with E-state index in [-0.39, 0.29) is 6.04 Å². The Morgan fingerprint density at radius 3 is 2.51 bits per heavy atom. The number of nitrogens with zero attached hydrogens (tertiary/aromatic N) is 1. The molecule has 1 aliphatic rings. The zero-order chi connectivity index (χ0) is 29.5. The summed E-state index contributed by atoms with van der Waals surface area (Å²) in [6.07, 6.45) is 3.98. The summed E-state index contributed by atoms with van der Waals surface area (Å²) in [4.78, 5) is 15.8.